The molecule has 0 aliphatic heterocycles. The van der Waals surface area contributed by atoms with E-state index in [0.29, 0.717) is 5.65 Å². The number of aliphatic hydroxyl groups is 1. The second kappa shape index (κ2) is 5.83. The molecule has 2 heterocycles. The molecule has 0 bridgehead atoms. The van der Waals surface area contributed by atoms with Crippen LogP contribution in [0.3, 0.4) is 0 Å². The lowest BCUT2D eigenvalue weighted by Gasteiger charge is -2.19. The Morgan fingerprint density at radius 3 is 2.85 bits per heavy atom. The van der Waals surface area contributed by atoms with Gasteiger partial charge in [-0.3, -0.25) is 14.0 Å². The molecular formula is C14H17N3O3. The molecule has 2 aromatic rings. The van der Waals surface area contributed by atoms with Crippen molar-refractivity contribution in [3.05, 3.63) is 46.5 Å². The van der Waals surface area contributed by atoms with Crippen LogP contribution >= 0.6 is 0 Å². The van der Waals surface area contributed by atoms with Gasteiger partial charge in [-0.25, -0.2) is 4.98 Å². The van der Waals surface area contributed by atoms with E-state index in [9.17, 15) is 14.7 Å². The van der Waals surface area contributed by atoms with Crippen LogP contribution in [0.15, 0.2) is 35.4 Å². The van der Waals surface area contributed by atoms with Gasteiger partial charge in [0.05, 0.1) is 12.6 Å². The van der Waals surface area contributed by atoms with Crippen LogP contribution in [0, 0.1) is 5.92 Å². The highest BCUT2D eigenvalue weighted by atomic mass is 16.3. The molecular weight excluding hydrogens is 258 g/mol. The molecule has 2 N–H and O–H groups in total. The van der Waals surface area contributed by atoms with Gasteiger partial charge in [-0.1, -0.05) is 19.9 Å². The van der Waals surface area contributed by atoms with Crippen molar-refractivity contribution < 1.29 is 9.90 Å². The predicted molar refractivity (Wildman–Crippen MR) is 74.6 cm³/mol. The summed E-state index contributed by atoms with van der Waals surface area (Å²) in [6, 6.07) is 4.76. The lowest BCUT2D eigenvalue weighted by Crippen LogP contribution is -2.43. The summed E-state index contributed by atoms with van der Waals surface area (Å²) in [4.78, 5) is 28.4. The molecule has 106 valence electrons. The van der Waals surface area contributed by atoms with Crippen LogP contribution in [0.4, 0.5) is 0 Å². The zero-order valence-corrected chi connectivity index (χ0v) is 11.4. The van der Waals surface area contributed by atoms with E-state index in [2.05, 4.69) is 10.3 Å². The predicted octanol–water partition coefficient (Wildman–Crippen LogP) is 0.441. The van der Waals surface area contributed by atoms with E-state index in [1.54, 1.807) is 24.4 Å². The maximum Gasteiger partial charge on any atom is 0.270 e. The maximum absolute atomic E-state index is 12.2. The van der Waals surface area contributed by atoms with Gasteiger partial charge in [-0.05, 0) is 18.1 Å². The summed E-state index contributed by atoms with van der Waals surface area (Å²) in [6.07, 6.45) is 2.83. The molecule has 0 aliphatic rings. The highest BCUT2D eigenvalue weighted by Gasteiger charge is 2.19. The molecule has 0 aliphatic carbocycles. The summed E-state index contributed by atoms with van der Waals surface area (Å²) in [5.41, 5.74) is 0.0259. The van der Waals surface area contributed by atoms with Crippen LogP contribution in [-0.4, -0.2) is 33.0 Å². The number of carbonyl (C=O) groups excluding carboxylic acids is 1. The number of pyridine rings is 1. The van der Waals surface area contributed by atoms with Crippen LogP contribution in [0.5, 0.6) is 0 Å². The second-order valence-corrected chi connectivity index (χ2v) is 4.91. The molecule has 20 heavy (non-hydrogen) atoms. The minimum Gasteiger partial charge on any atom is -0.394 e. The standard InChI is InChI=1S/C14H17N3O3/c1-9(2)11(8-18)16-13(19)10-7-15-12-5-3-4-6-17(12)14(10)20/h3-7,9,11,18H,8H2,1-2H3,(H,16,19). The van der Waals surface area contributed by atoms with Crippen LogP contribution in [-0.2, 0) is 0 Å². The normalized spacial score (nSPS) is 12.6. The third-order valence-electron chi connectivity index (χ3n) is 3.18. The zero-order valence-electron chi connectivity index (χ0n) is 11.4. The quantitative estimate of drug-likeness (QED) is 0.848. The van der Waals surface area contributed by atoms with Gasteiger partial charge in [0.1, 0.15) is 11.2 Å². The summed E-state index contributed by atoms with van der Waals surface area (Å²) in [7, 11) is 0. The van der Waals surface area contributed by atoms with Crippen LogP contribution in [0.1, 0.15) is 24.2 Å². The molecule has 1 atom stereocenters. The van der Waals surface area contributed by atoms with Gasteiger partial charge in [0, 0.05) is 12.4 Å². The SMILES string of the molecule is CC(C)C(CO)NC(=O)c1cnc2ccccn2c1=O. The molecule has 0 saturated heterocycles. The molecule has 2 aromatic heterocycles. The smallest absolute Gasteiger partial charge is 0.270 e. The largest absolute Gasteiger partial charge is 0.394 e. The highest BCUT2D eigenvalue weighted by molar-refractivity contribution is 5.93. The number of aromatic nitrogens is 2. The zero-order chi connectivity index (χ0) is 14.7. The molecule has 0 aromatic carbocycles. The van der Waals surface area contributed by atoms with E-state index >= 15 is 0 Å². The van der Waals surface area contributed by atoms with Crippen molar-refractivity contribution in [2.75, 3.05) is 6.61 Å². The first-order valence-electron chi connectivity index (χ1n) is 6.42. The van der Waals surface area contributed by atoms with Crippen LogP contribution in [0.25, 0.3) is 5.65 Å². The molecule has 0 radical (unpaired) electrons. The van der Waals surface area contributed by atoms with E-state index in [1.165, 1.54) is 10.6 Å². The van der Waals surface area contributed by atoms with Crippen molar-refractivity contribution in [2.24, 2.45) is 5.92 Å². The molecule has 2 rings (SSSR count). The van der Waals surface area contributed by atoms with Gasteiger partial charge in [-0.15, -0.1) is 0 Å². The van der Waals surface area contributed by atoms with E-state index < -0.39 is 17.5 Å². The monoisotopic (exact) mass is 275 g/mol. The number of nitrogens with one attached hydrogen (secondary N) is 1. The lowest BCUT2D eigenvalue weighted by molar-refractivity contribution is 0.0895. The van der Waals surface area contributed by atoms with Crippen molar-refractivity contribution in [2.45, 2.75) is 19.9 Å². The second-order valence-electron chi connectivity index (χ2n) is 4.91. The third-order valence-corrected chi connectivity index (χ3v) is 3.18. The maximum atomic E-state index is 12.2. The first-order valence-corrected chi connectivity index (χ1v) is 6.42. The van der Waals surface area contributed by atoms with E-state index in [4.69, 9.17) is 0 Å². The Labute approximate surface area is 116 Å². The van der Waals surface area contributed by atoms with Crippen molar-refractivity contribution >= 4 is 11.6 Å². The average Bonchev–Trinajstić information content (AvgIpc) is 2.44. The summed E-state index contributed by atoms with van der Waals surface area (Å²) >= 11 is 0. The number of hydrogen-bond acceptors (Lipinski definition) is 4. The molecule has 0 fully saturated rings. The van der Waals surface area contributed by atoms with Gasteiger partial charge in [0.15, 0.2) is 0 Å². The van der Waals surface area contributed by atoms with Gasteiger partial charge in [0.2, 0.25) is 0 Å². The van der Waals surface area contributed by atoms with E-state index in [0.717, 1.165) is 0 Å². The Bertz CT molecular complexity index is 679. The van der Waals surface area contributed by atoms with Crippen molar-refractivity contribution in [1.29, 1.82) is 0 Å². The Morgan fingerprint density at radius 2 is 2.20 bits per heavy atom. The molecule has 0 saturated carbocycles. The first-order chi connectivity index (χ1) is 9.54. The number of fused-ring (bicyclic) bond motifs is 1. The number of hydrogen-bond donors (Lipinski definition) is 2. The van der Waals surface area contributed by atoms with Crippen LogP contribution < -0.4 is 10.9 Å². The van der Waals surface area contributed by atoms with Crippen molar-refractivity contribution in [3.63, 3.8) is 0 Å². The molecule has 0 spiro atoms. The Kier molecular flexibility index (Phi) is 4.14. The number of nitrogens with zero attached hydrogens (tertiary/aromatic N) is 2. The van der Waals surface area contributed by atoms with Gasteiger partial charge in [-0.2, -0.15) is 0 Å². The Balaban J connectivity index is 2.36. The number of rotatable bonds is 4. The minimum absolute atomic E-state index is 0.0344. The van der Waals surface area contributed by atoms with E-state index in [1.807, 2.05) is 13.8 Å². The third kappa shape index (κ3) is 2.70. The van der Waals surface area contributed by atoms with Gasteiger partial charge >= 0.3 is 0 Å². The molecule has 1 amide bonds. The minimum atomic E-state index is -0.520. The Morgan fingerprint density at radius 1 is 1.45 bits per heavy atom. The van der Waals surface area contributed by atoms with E-state index in [-0.39, 0.29) is 18.1 Å². The van der Waals surface area contributed by atoms with Crippen molar-refractivity contribution in [3.8, 4) is 0 Å². The van der Waals surface area contributed by atoms with Gasteiger partial charge < -0.3 is 10.4 Å². The summed E-state index contributed by atoms with van der Waals surface area (Å²) < 4.78 is 1.32. The fourth-order valence-electron chi connectivity index (χ4n) is 1.85. The molecule has 6 heteroatoms. The first kappa shape index (κ1) is 14.2. The topological polar surface area (TPSA) is 83.7 Å². The Hall–Kier alpha value is -2.21. The number of amides is 1. The van der Waals surface area contributed by atoms with Crippen molar-refractivity contribution in [1.82, 2.24) is 14.7 Å². The average molecular weight is 275 g/mol. The number of aliphatic hydroxyl groups excluding tert-OH is 1. The fraction of sp³-hybridized carbons (Fsp3) is 0.357. The highest BCUT2D eigenvalue weighted by Crippen LogP contribution is 2.03. The molecule has 1 unspecified atom stereocenters. The lowest BCUT2D eigenvalue weighted by atomic mass is 10.1. The fourth-order valence-corrected chi connectivity index (χ4v) is 1.85. The van der Waals surface area contributed by atoms with Crippen LogP contribution in [0.2, 0.25) is 0 Å². The number of carbonyl (C=O) groups is 1. The molecule has 6 nitrogen and oxygen atoms in total. The summed E-state index contributed by atoms with van der Waals surface area (Å²) in [5, 5.41) is 11.9. The van der Waals surface area contributed by atoms with Gasteiger partial charge in [0.25, 0.3) is 11.5 Å². The summed E-state index contributed by atoms with van der Waals surface area (Å²) in [5.74, 6) is -0.450. The summed E-state index contributed by atoms with van der Waals surface area (Å²) in [6.45, 7) is 3.59.